The molecule has 0 aliphatic carbocycles. The minimum absolute atomic E-state index is 0.0189. The quantitative estimate of drug-likeness (QED) is 0.818. The summed E-state index contributed by atoms with van der Waals surface area (Å²) in [6, 6.07) is 7.55. The zero-order chi connectivity index (χ0) is 16.4. The highest BCUT2D eigenvalue weighted by molar-refractivity contribution is 9.10. The Kier molecular flexibility index (Phi) is 4.38. The third-order valence-electron chi connectivity index (χ3n) is 3.53. The smallest absolute Gasteiger partial charge is 0.265 e. The zero-order valence-electron chi connectivity index (χ0n) is 12.7. The summed E-state index contributed by atoms with van der Waals surface area (Å²) in [5, 5.41) is 0. The zero-order valence-corrected chi connectivity index (χ0v) is 14.3. The third-order valence-corrected chi connectivity index (χ3v) is 4.10. The summed E-state index contributed by atoms with van der Waals surface area (Å²) >= 11 is 3.40. The normalized spacial score (nSPS) is 13.3. The highest BCUT2D eigenvalue weighted by Gasteiger charge is 2.31. The Bertz CT molecular complexity index is 734. The first-order valence-electron chi connectivity index (χ1n) is 6.92. The van der Waals surface area contributed by atoms with Gasteiger partial charge in [0.2, 0.25) is 5.88 Å². The molecule has 0 fully saturated rings. The van der Waals surface area contributed by atoms with Crippen LogP contribution in [-0.4, -0.2) is 31.7 Å². The second-order valence-corrected chi connectivity index (χ2v) is 5.76. The molecule has 0 N–H and O–H groups in total. The number of hydrogen-bond donors (Lipinski definition) is 0. The van der Waals surface area contributed by atoms with E-state index in [0.717, 1.165) is 11.3 Å². The lowest BCUT2D eigenvalue weighted by Gasteiger charge is -2.30. The van der Waals surface area contributed by atoms with E-state index in [1.54, 1.807) is 18.2 Å². The van der Waals surface area contributed by atoms with Crippen LogP contribution < -0.4 is 19.1 Å². The summed E-state index contributed by atoms with van der Waals surface area (Å²) in [7, 11) is 3.13. The molecule has 0 saturated heterocycles. The van der Waals surface area contributed by atoms with Crippen molar-refractivity contribution in [2.24, 2.45) is 0 Å². The first-order valence-corrected chi connectivity index (χ1v) is 7.72. The molecular weight excluding hydrogens is 364 g/mol. The first kappa shape index (κ1) is 15.6. The molecule has 120 valence electrons. The van der Waals surface area contributed by atoms with Gasteiger partial charge in [0, 0.05) is 6.20 Å². The summed E-state index contributed by atoms with van der Waals surface area (Å²) < 4.78 is 16.7. The van der Waals surface area contributed by atoms with Crippen LogP contribution in [0.4, 0.5) is 5.69 Å². The van der Waals surface area contributed by atoms with Crippen molar-refractivity contribution >= 4 is 27.5 Å². The lowest BCUT2D eigenvalue weighted by Crippen LogP contribution is -2.38. The van der Waals surface area contributed by atoms with E-state index in [4.69, 9.17) is 14.2 Å². The summed E-state index contributed by atoms with van der Waals surface area (Å²) in [6.07, 6.45) is 1.60. The molecule has 1 aromatic heterocycles. The molecule has 2 heterocycles. The number of halogens is 1. The highest BCUT2D eigenvalue weighted by atomic mass is 79.9. The van der Waals surface area contributed by atoms with Gasteiger partial charge in [0.05, 0.1) is 25.2 Å². The first-order chi connectivity index (χ1) is 11.1. The number of carbonyl (C=O) groups is 1. The maximum atomic E-state index is 12.3. The number of hydrogen-bond acceptors (Lipinski definition) is 5. The number of aromatic nitrogens is 1. The molecule has 7 heteroatoms. The van der Waals surface area contributed by atoms with E-state index in [1.165, 1.54) is 7.11 Å². The maximum absolute atomic E-state index is 12.3. The number of ether oxygens (including phenoxy) is 3. The fourth-order valence-corrected chi connectivity index (χ4v) is 2.79. The summed E-state index contributed by atoms with van der Waals surface area (Å²) in [5.74, 6) is 1.53. The van der Waals surface area contributed by atoms with Crippen LogP contribution in [0.2, 0.25) is 0 Å². The molecule has 0 atom stereocenters. The fourth-order valence-electron chi connectivity index (χ4n) is 2.39. The number of rotatable bonds is 4. The minimum Gasteiger partial charge on any atom is -0.497 e. The Labute approximate surface area is 142 Å². The number of fused-ring (bicyclic) bond motifs is 1. The van der Waals surface area contributed by atoms with Gasteiger partial charge in [-0.3, -0.25) is 9.69 Å². The van der Waals surface area contributed by atoms with Gasteiger partial charge in [0.25, 0.3) is 5.91 Å². The van der Waals surface area contributed by atoms with Crippen molar-refractivity contribution in [3.05, 3.63) is 40.5 Å². The number of amides is 1. The van der Waals surface area contributed by atoms with Crippen molar-refractivity contribution in [2.45, 2.75) is 6.54 Å². The lowest BCUT2D eigenvalue weighted by atomic mass is 10.1. The van der Waals surface area contributed by atoms with Crippen molar-refractivity contribution in [3.63, 3.8) is 0 Å². The van der Waals surface area contributed by atoms with Gasteiger partial charge >= 0.3 is 0 Å². The van der Waals surface area contributed by atoms with E-state index >= 15 is 0 Å². The van der Waals surface area contributed by atoms with Crippen LogP contribution in [0.1, 0.15) is 5.56 Å². The Balaban J connectivity index is 1.99. The predicted molar refractivity (Wildman–Crippen MR) is 88.2 cm³/mol. The molecule has 1 aromatic carbocycles. The largest absolute Gasteiger partial charge is 0.497 e. The van der Waals surface area contributed by atoms with Crippen LogP contribution in [0.3, 0.4) is 0 Å². The number of benzene rings is 1. The molecule has 0 saturated carbocycles. The van der Waals surface area contributed by atoms with E-state index < -0.39 is 0 Å². The van der Waals surface area contributed by atoms with E-state index in [-0.39, 0.29) is 12.5 Å². The van der Waals surface area contributed by atoms with Gasteiger partial charge in [-0.15, -0.1) is 0 Å². The minimum atomic E-state index is -0.147. The average Bonchev–Trinajstić information content (AvgIpc) is 2.58. The monoisotopic (exact) mass is 378 g/mol. The van der Waals surface area contributed by atoms with Gasteiger partial charge in [-0.05, 0) is 33.6 Å². The molecule has 0 radical (unpaired) electrons. The van der Waals surface area contributed by atoms with E-state index in [2.05, 4.69) is 20.9 Å². The lowest BCUT2D eigenvalue weighted by molar-refractivity contribution is -0.121. The Morgan fingerprint density at radius 2 is 2.00 bits per heavy atom. The number of methoxy groups -OCH3 is 2. The number of pyridine rings is 1. The third kappa shape index (κ3) is 2.96. The molecule has 1 aliphatic rings. The van der Waals surface area contributed by atoms with Gasteiger partial charge in [0.15, 0.2) is 18.0 Å². The van der Waals surface area contributed by atoms with Crippen molar-refractivity contribution in [3.8, 4) is 17.4 Å². The summed E-state index contributed by atoms with van der Waals surface area (Å²) in [5.41, 5.74) is 1.50. The van der Waals surface area contributed by atoms with Gasteiger partial charge in [-0.25, -0.2) is 4.98 Å². The molecule has 1 aliphatic heterocycles. The maximum Gasteiger partial charge on any atom is 0.265 e. The SMILES string of the molecule is COc1ccc(CN2C(=O)COc3c(Br)cnc(OC)c32)cc1. The summed E-state index contributed by atoms with van der Waals surface area (Å²) in [4.78, 5) is 18.2. The van der Waals surface area contributed by atoms with Crippen molar-refractivity contribution in [1.29, 1.82) is 0 Å². The van der Waals surface area contributed by atoms with E-state index in [0.29, 0.717) is 28.3 Å². The van der Waals surface area contributed by atoms with Gasteiger partial charge in [0.1, 0.15) is 5.75 Å². The molecule has 0 spiro atoms. The molecule has 1 amide bonds. The van der Waals surface area contributed by atoms with Gasteiger partial charge < -0.3 is 14.2 Å². The Morgan fingerprint density at radius 3 is 2.65 bits per heavy atom. The molecule has 2 aromatic rings. The van der Waals surface area contributed by atoms with Crippen LogP contribution in [0, 0.1) is 0 Å². The fraction of sp³-hybridized carbons (Fsp3) is 0.250. The van der Waals surface area contributed by atoms with Crippen molar-refractivity contribution in [1.82, 2.24) is 4.98 Å². The number of nitrogens with zero attached hydrogens (tertiary/aromatic N) is 2. The topological polar surface area (TPSA) is 60.9 Å². The molecule has 23 heavy (non-hydrogen) atoms. The molecular formula is C16H15BrN2O4. The van der Waals surface area contributed by atoms with Gasteiger partial charge in [-0.1, -0.05) is 12.1 Å². The van der Waals surface area contributed by atoms with Gasteiger partial charge in [-0.2, -0.15) is 0 Å². The highest BCUT2D eigenvalue weighted by Crippen LogP contribution is 2.44. The number of anilines is 1. The van der Waals surface area contributed by atoms with E-state index in [9.17, 15) is 4.79 Å². The second kappa shape index (κ2) is 6.45. The van der Waals surface area contributed by atoms with Crippen LogP contribution in [0.25, 0.3) is 0 Å². The molecule has 6 nitrogen and oxygen atoms in total. The van der Waals surface area contributed by atoms with Crippen LogP contribution in [0.15, 0.2) is 34.9 Å². The van der Waals surface area contributed by atoms with E-state index in [1.807, 2.05) is 24.3 Å². The van der Waals surface area contributed by atoms with Crippen LogP contribution >= 0.6 is 15.9 Å². The summed E-state index contributed by atoms with van der Waals surface area (Å²) in [6.45, 7) is 0.378. The molecule has 0 unspecified atom stereocenters. The average molecular weight is 379 g/mol. The van der Waals surface area contributed by atoms with Crippen molar-refractivity contribution < 1.29 is 19.0 Å². The Hall–Kier alpha value is -2.28. The molecule has 3 rings (SSSR count). The molecule has 0 bridgehead atoms. The standard InChI is InChI=1S/C16H15BrN2O4/c1-21-11-5-3-10(4-6-11)8-19-13(20)9-23-15-12(17)7-18-16(22-2)14(15)19/h3-7H,8-9H2,1-2H3. The number of carbonyl (C=O) groups excluding carboxylic acids is 1. The second-order valence-electron chi connectivity index (χ2n) is 4.91. The predicted octanol–water partition coefficient (Wildman–Crippen LogP) is 2.79. The van der Waals surface area contributed by atoms with Crippen LogP contribution in [-0.2, 0) is 11.3 Å². The van der Waals surface area contributed by atoms with Crippen LogP contribution in [0.5, 0.6) is 17.4 Å². The Morgan fingerprint density at radius 1 is 1.26 bits per heavy atom. The van der Waals surface area contributed by atoms with Crippen molar-refractivity contribution in [2.75, 3.05) is 25.7 Å².